The number of aromatic nitrogens is 3. The van der Waals surface area contributed by atoms with Gasteiger partial charge in [-0.05, 0) is 24.3 Å². The van der Waals surface area contributed by atoms with Gasteiger partial charge >= 0.3 is 6.18 Å². The number of amides is 1. The Morgan fingerprint density at radius 2 is 1.96 bits per heavy atom. The maximum absolute atomic E-state index is 14.2. The Kier molecular flexibility index (Phi) is 3.94. The zero-order valence-corrected chi connectivity index (χ0v) is 13.7. The fourth-order valence-corrected chi connectivity index (χ4v) is 3.05. The molecule has 0 saturated heterocycles. The summed E-state index contributed by atoms with van der Waals surface area (Å²) in [6, 6.07) is 5.75. The van der Waals surface area contributed by atoms with E-state index in [0.717, 1.165) is 23.9 Å². The molecule has 5 nitrogen and oxygen atoms in total. The molecule has 1 amide bonds. The summed E-state index contributed by atoms with van der Waals surface area (Å²) >= 11 is 0. The number of carbonyl (C=O) groups excluding carboxylic acids is 1. The van der Waals surface area contributed by atoms with E-state index in [2.05, 4.69) is 20.3 Å². The molecule has 2 N–H and O–H groups in total. The maximum Gasteiger partial charge on any atom is 0.417 e. The number of alkyl halides is 3. The molecule has 4 rings (SSSR count). The minimum Gasteiger partial charge on any atom is -0.356 e. The van der Waals surface area contributed by atoms with Crippen molar-refractivity contribution in [3.05, 3.63) is 59.2 Å². The number of benzene rings is 1. The largest absolute Gasteiger partial charge is 0.417 e. The number of carbonyl (C=O) groups is 1. The highest BCUT2D eigenvalue weighted by molar-refractivity contribution is 5.97. The molecule has 1 aliphatic heterocycles. The highest BCUT2D eigenvalue weighted by Gasteiger charge is 2.36. The van der Waals surface area contributed by atoms with Crippen LogP contribution in [-0.4, -0.2) is 27.4 Å². The number of hydrogen-bond donors (Lipinski definition) is 2. The van der Waals surface area contributed by atoms with E-state index < -0.39 is 23.1 Å². The predicted molar refractivity (Wildman–Crippen MR) is 88.3 cm³/mol. The quantitative estimate of drug-likeness (QED) is 0.672. The summed E-state index contributed by atoms with van der Waals surface area (Å²) in [5.41, 5.74) is 0.0314. The molecular formula is C18H12F4N4O. The van der Waals surface area contributed by atoms with Gasteiger partial charge in [0, 0.05) is 24.9 Å². The third-order valence-electron chi connectivity index (χ3n) is 4.28. The van der Waals surface area contributed by atoms with Gasteiger partial charge in [0.1, 0.15) is 5.82 Å². The lowest BCUT2D eigenvalue weighted by molar-refractivity contribution is -0.137. The Labute approximate surface area is 150 Å². The number of fused-ring (bicyclic) bond motifs is 1. The average Bonchev–Trinajstić information content (AvgIpc) is 3.07. The Bertz CT molecular complexity index is 1040. The second-order valence-corrected chi connectivity index (χ2v) is 6.01. The topological polar surface area (TPSA) is 70.7 Å². The number of H-pyrrole nitrogens is 1. The van der Waals surface area contributed by atoms with Crippen molar-refractivity contribution in [3.8, 4) is 22.8 Å². The number of hydrogen-bond acceptors (Lipinski definition) is 3. The highest BCUT2D eigenvalue weighted by Crippen LogP contribution is 2.37. The highest BCUT2D eigenvalue weighted by atomic mass is 19.4. The van der Waals surface area contributed by atoms with Crippen LogP contribution < -0.4 is 5.32 Å². The van der Waals surface area contributed by atoms with Gasteiger partial charge in [0.05, 0.1) is 28.1 Å². The first-order valence-corrected chi connectivity index (χ1v) is 8.04. The summed E-state index contributed by atoms with van der Waals surface area (Å²) in [6.07, 6.45) is -2.89. The Balaban J connectivity index is 1.83. The van der Waals surface area contributed by atoms with Crippen LogP contribution in [-0.2, 0) is 12.6 Å². The zero-order valence-electron chi connectivity index (χ0n) is 13.7. The molecule has 9 heteroatoms. The fourth-order valence-electron chi connectivity index (χ4n) is 3.05. The van der Waals surface area contributed by atoms with E-state index in [0.29, 0.717) is 24.2 Å². The molecule has 2 aromatic heterocycles. The monoisotopic (exact) mass is 376 g/mol. The van der Waals surface area contributed by atoms with Crippen molar-refractivity contribution < 1.29 is 22.4 Å². The van der Waals surface area contributed by atoms with E-state index in [1.54, 1.807) is 6.07 Å². The lowest BCUT2D eigenvalue weighted by atomic mass is 10.1. The molecule has 3 heterocycles. The number of nitrogens with zero attached hydrogens (tertiary/aromatic N) is 2. The van der Waals surface area contributed by atoms with Gasteiger partial charge in [-0.2, -0.15) is 13.2 Å². The van der Waals surface area contributed by atoms with Gasteiger partial charge < -0.3 is 10.3 Å². The second kappa shape index (κ2) is 6.19. The van der Waals surface area contributed by atoms with Crippen LogP contribution in [0, 0.1) is 5.82 Å². The van der Waals surface area contributed by atoms with Crippen LogP contribution in [0.2, 0.25) is 0 Å². The van der Waals surface area contributed by atoms with Crippen LogP contribution in [0.5, 0.6) is 0 Å². The van der Waals surface area contributed by atoms with Crippen molar-refractivity contribution in [2.24, 2.45) is 0 Å². The Hall–Kier alpha value is -3.23. The number of halogens is 4. The van der Waals surface area contributed by atoms with Crippen LogP contribution >= 0.6 is 0 Å². The van der Waals surface area contributed by atoms with Crippen LogP contribution in [0.4, 0.5) is 17.6 Å². The summed E-state index contributed by atoms with van der Waals surface area (Å²) in [4.78, 5) is 22.9. The second-order valence-electron chi connectivity index (χ2n) is 6.01. The Morgan fingerprint density at radius 3 is 2.70 bits per heavy atom. The van der Waals surface area contributed by atoms with Crippen molar-refractivity contribution in [1.29, 1.82) is 0 Å². The summed E-state index contributed by atoms with van der Waals surface area (Å²) in [5, 5.41) is 2.71. The van der Waals surface area contributed by atoms with Crippen molar-refractivity contribution in [2.75, 3.05) is 6.54 Å². The van der Waals surface area contributed by atoms with E-state index in [9.17, 15) is 22.4 Å². The molecule has 1 aliphatic rings. The number of nitrogens with one attached hydrogen (secondary N) is 2. The van der Waals surface area contributed by atoms with Gasteiger partial charge in [0.2, 0.25) is 0 Å². The molecule has 0 saturated carbocycles. The smallest absolute Gasteiger partial charge is 0.356 e. The molecule has 1 aromatic carbocycles. The third-order valence-corrected chi connectivity index (χ3v) is 4.28. The fraction of sp³-hybridized carbons (Fsp3) is 0.167. The number of rotatable bonds is 2. The molecule has 3 aromatic rings. The third kappa shape index (κ3) is 3.05. The molecule has 0 spiro atoms. The minimum atomic E-state index is -4.75. The maximum atomic E-state index is 14.2. The molecule has 138 valence electrons. The van der Waals surface area contributed by atoms with Crippen LogP contribution in [0.3, 0.4) is 0 Å². The van der Waals surface area contributed by atoms with Gasteiger partial charge in [-0.1, -0.05) is 6.07 Å². The van der Waals surface area contributed by atoms with Gasteiger partial charge in [-0.15, -0.1) is 0 Å². The first kappa shape index (κ1) is 17.2. The van der Waals surface area contributed by atoms with E-state index >= 15 is 0 Å². The lowest BCUT2D eigenvalue weighted by Gasteiger charge is -2.13. The van der Waals surface area contributed by atoms with Crippen molar-refractivity contribution >= 4 is 5.91 Å². The van der Waals surface area contributed by atoms with E-state index in [1.165, 1.54) is 12.3 Å². The normalized spacial score (nSPS) is 14.0. The molecule has 0 atom stereocenters. The first-order valence-electron chi connectivity index (χ1n) is 8.04. The average molecular weight is 376 g/mol. The molecule has 0 bridgehead atoms. The van der Waals surface area contributed by atoms with Crippen LogP contribution in [0.1, 0.15) is 21.6 Å². The summed E-state index contributed by atoms with van der Waals surface area (Å²) in [5.74, 6) is -1.68. The first-order chi connectivity index (χ1) is 12.8. The molecular weight excluding hydrogens is 364 g/mol. The van der Waals surface area contributed by atoms with Gasteiger partial charge in [0.25, 0.3) is 5.91 Å². The molecule has 0 fully saturated rings. The van der Waals surface area contributed by atoms with Gasteiger partial charge in [0.15, 0.2) is 5.82 Å². The molecule has 0 radical (unpaired) electrons. The summed E-state index contributed by atoms with van der Waals surface area (Å²) < 4.78 is 54.0. The minimum absolute atomic E-state index is 0.235. The SMILES string of the molecule is O=C1NCCc2[nH]c(-c3ccnc(-c4c(F)cccc4C(F)(F)F)n3)cc21. The Morgan fingerprint density at radius 1 is 1.15 bits per heavy atom. The standard InChI is InChI=1S/C18H12F4N4O/c19-11-3-1-2-10(18(20,21)22)15(11)16-23-6-5-13(26-16)14-8-9-12(25-14)4-7-24-17(9)27/h1-3,5-6,8,25H,4,7H2,(H,24,27). The van der Waals surface area contributed by atoms with Crippen LogP contribution in [0.15, 0.2) is 36.5 Å². The molecule has 0 aliphatic carbocycles. The lowest BCUT2D eigenvalue weighted by Crippen LogP contribution is -2.31. The molecule has 0 unspecified atom stereocenters. The van der Waals surface area contributed by atoms with E-state index in [1.807, 2.05) is 0 Å². The summed E-state index contributed by atoms with van der Waals surface area (Å²) in [6.45, 7) is 0.491. The van der Waals surface area contributed by atoms with E-state index in [-0.39, 0.29) is 17.4 Å². The van der Waals surface area contributed by atoms with E-state index in [4.69, 9.17) is 0 Å². The van der Waals surface area contributed by atoms with Crippen LogP contribution in [0.25, 0.3) is 22.8 Å². The zero-order chi connectivity index (χ0) is 19.2. The van der Waals surface area contributed by atoms with Gasteiger partial charge in [-0.3, -0.25) is 4.79 Å². The van der Waals surface area contributed by atoms with Crippen molar-refractivity contribution in [3.63, 3.8) is 0 Å². The molecule has 27 heavy (non-hydrogen) atoms. The van der Waals surface area contributed by atoms with Gasteiger partial charge in [-0.25, -0.2) is 14.4 Å². The number of aromatic amines is 1. The van der Waals surface area contributed by atoms with Crippen molar-refractivity contribution in [1.82, 2.24) is 20.3 Å². The predicted octanol–water partition coefficient (Wildman–Crippen LogP) is 3.58. The summed E-state index contributed by atoms with van der Waals surface area (Å²) in [7, 11) is 0. The van der Waals surface area contributed by atoms with Crippen molar-refractivity contribution in [2.45, 2.75) is 12.6 Å².